The van der Waals surface area contributed by atoms with Crippen LogP contribution in [0.5, 0.6) is 0 Å². The number of benzene rings is 1. The predicted octanol–water partition coefficient (Wildman–Crippen LogP) is 3.63. The van der Waals surface area contributed by atoms with Gasteiger partial charge in [-0.2, -0.15) is 0 Å². The van der Waals surface area contributed by atoms with Crippen molar-refractivity contribution in [2.45, 2.75) is 39.3 Å². The molecule has 1 aliphatic rings. The lowest BCUT2D eigenvalue weighted by Crippen LogP contribution is -2.45. The first-order chi connectivity index (χ1) is 10.7. The van der Waals surface area contributed by atoms with Crippen molar-refractivity contribution in [3.8, 4) is 11.5 Å². The van der Waals surface area contributed by atoms with Gasteiger partial charge < -0.3 is 10.2 Å². The summed E-state index contributed by atoms with van der Waals surface area (Å²) in [5.74, 6) is 1.47. The summed E-state index contributed by atoms with van der Waals surface area (Å²) in [7, 11) is 0. The minimum atomic E-state index is 0. The molecule has 0 spiro atoms. The largest absolute Gasteiger partial charge is 0.444 e. The Bertz CT molecular complexity index is 611. The Morgan fingerprint density at radius 3 is 2.74 bits per heavy atom. The monoisotopic (exact) mass is 335 g/mol. The molecule has 2 atom stereocenters. The minimum Gasteiger partial charge on any atom is -0.444 e. The van der Waals surface area contributed by atoms with Crippen molar-refractivity contribution in [1.82, 2.24) is 9.88 Å². The molecule has 1 aromatic carbocycles. The number of nitrogens with zero attached hydrogens (tertiary/aromatic N) is 2. The summed E-state index contributed by atoms with van der Waals surface area (Å²) in [6.45, 7) is 7.02. The fourth-order valence-corrected chi connectivity index (χ4v) is 3.17. The predicted molar refractivity (Wildman–Crippen MR) is 95.6 cm³/mol. The molecule has 0 bridgehead atoms. The van der Waals surface area contributed by atoms with Gasteiger partial charge in [0, 0.05) is 24.7 Å². The van der Waals surface area contributed by atoms with E-state index in [4.69, 9.17) is 10.2 Å². The highest BCUT2D eigenvalue weighted by Gasteiger charge is 2.26. The molecule has 1 aliphatic heterocycles. The van der Waals surface area contributed by atoms with E-state index in [2.05, 4.69) is 48.0 Å². The second-order valence-corrected chi connectivity index (χ2v) is 6.50. The summed E-state index contributed by atoms with van der Waals surface area (Å²) in [5.41, 5.74) is 9.19. The van der Waals surface area contributed by atoms with Crippen molar-refractivity contribution in [2.24, 2.45) is 11.7 Å². The number of hydrogen-bond donors (Lipinski definition) is 1. The van der Waals surface area contributed by atoms with Gasteiger partial charge in [0.25, 0.3) is 0 Å². The summed E-state index contributed by atoms with van der Waals surface area (Å²) >= 11 is 0. The highest BCUT2D eigenvalue weighted by molar-refractivity contribution is 5.85. The molecule has 0 radical (unpaired) electrons. The van der Waals surface area contributed by atoms with Crippen LogP contribution in [0.15, 0.2) is 34.9 Å². The minimum absolute atomic E-state index is 0. The lowest BCUT2D eigenvalue weighted by molar-refractivity contribution is 0.114. The van der Waals surface area contributed by atoms with E-state index in [9.17, 15) is 0 Å². The highest BCUT2D eigenvalue weighted by atomic mass is 35.5. The maximum atomic E-state index is 5.93. The number of likely N-dealkylation sites (tertiary alicyclic amines) is 1. The van der Waals surface area contributed by atoms with E-state index in [1.54, 1.807) is 6.26 Å². The van der Waals surface area contributed by atoms with E-state index in [-0.39, 0.29) is 12.4 Å². The molecule has 5 heteroatoms. The lowest BCUT2D eigenvalue weighted by atomic mass is 9.92. The number of hydrogen-bond acceptors (Lipinski definition) is 4. The van der Waals surface area contributed by atoms with Crippen molar-refractivity contribution in [3.05, 3.63) is 41.8 Å². The molecule has 4 nitrogen and oxygen atoms in total. The second kappa shape index (κ2) is 7.95. The van der Waals surface area contributed by atoms with Gasteiger partial charge in [-0.3, -0.25) is 4.90 Å². The number of piperidine rings is 1. The number of halogens is 1. The molecule has 1 saturated heterocycles. The van der Waals surface area contributed by atoms with Gasteiger partial charge in [-0.25, -0.2) is 4.98 Å². The maximum Gasteiger partial charge on any atom is 0.226 e. The molecule has 2 N–H and O–H groups in total. The topological polar surface area (TPSA) is 55.3 Å². The van der Waals surface area contributed by atoms with Crippen molar-refractivity contribution >= 4 is 12.4 Å². The smallest absolute Gasteiger partial charge is 0.226 e. The van der Waals surface area contributed by atoms with Crippen LogP contribution in [-0.2, 0) is 6.54 Å². The standard InChI is InChI=1S/C18H25N3O.ClH/c1-13-3-5-15(6-4-13)18-20-16(12-22-18)11-21-8-7-14(2)9-17(21)10-19;/h3-6,12,14,17H,7-11,19H2,1-2H3;1H. The number of rotatable bonds is 4. The zero-order valence-corrected chi connectivity index (χ0v) is 14.7. The zero-order chi connectivity index (χ0) is 15.5. The summed E-state index contributed by atoms with van der Waals surface area (Å²) in [5, 5.41) is 0. The van der Waals surface area contributed by atoms with E-state index in [0.29, 0.717) is 18.5 Å². The Kier molecular flexibility index (Phi) is 6.22. The second-order valence-electron chi connectivity index (χ2n) is 6.50. The summed E-state index contributed by atoms with van der Waals surface area (Å²) in [6.07, 6.45) is 4.19. The molecule has 23 heavy (non-hydrogen) atoms. The van der Waals surface area contributed by atoms with Gasteiger partial charge in [0.05, 0.1) is 5.69 Å². The van der Waals surface area contributed by atoms with Crippen LogP contribution >= 0.6 is 12.4 Å². The van der Waals surface area contributed by atoms with Crippen molar-refractivity contribution in [2.75, 3.05) is 13.1 Å². The molecule has 1 fully saturated rings. The zero-order valence-electron chi connectivity index (χ0n) is 13.9. The van der Waals surface area contributed by atoms with Gasteiger partial charge in [-0.15, -0.1) is 12.4 Å². The van der Waals surface area contributed by atoms with Crippen LogP contribution in [0.2, 0.25) is 0 Å². The summed E-state index contributed by atoms with van der Waals surface area (Å²) in [6, 6.07) is 8.72. The quantitative estimate of drug-likeness (QED) is 0.927. The molecule has 0 saturated carbocycles. The van der Waals surface area contributed by atoms with Crippen LogP contribution in [-0.4, -0.2) is 29.0 Å². The first-order valence-corrected chi connectivity index (χ1v) is 8.11. The van der Waals surface area contributed by atoms with Crippen LogP contribution in [0.3, 0.4) is 0 Å². The van der Waals surface area contributed by atoms with Gasteiger partial charge in [0.2, 0.25) is 5.89 Å². The fourth-order valence-electron chi connectivity index (χ4n) is 3.17. The van der Waals surface area contributed by atoms with E-state index in [1.807, 2.05) is 0 Å². The average Bonchev–Trinajstić information content (AvgIpc) is 2.98. The Hall–Kier alpha value is -1.36. The molecule has 1 aromatic heterocycles. The molecule has 126 valence electrons. The lowest BCUT2D eigenvalue weighted by Gasteiger charge is -2.37. The maximum absolute atomic E-state index is 5.93. The Labute approximate surface area is 144 Å². The normalized spacial score (nSPS) is 21.9. The molecule has 0 amide bonds. The van der Waals surface area contributed by atoms with Gasteiger partial charge in [0.1, 0.15) is 6.26 Å². The molecule has 2 aromatic rings. The molecular formula is C18H26ClN3O. The Morgan fingerprint density at radius 1 is 1.30 bits per heavy atom. The molecule has 2 heterocycles. The van der Waals surface area contributed by atoms with Crippen molar-refractivity contribution in [1.29, 1.82) is 0 Å². The van der Waals surface area contributed by atoms with Gasteiger partial charge in [-0.05, 0) is 44.4 Å². The van der Waals surface area contributed by atoms with Crippen LogP contribution in [0, 0.1) is 12.8 Å². The van der Waals surface area contributed by atoms with Crippen LogP contribution < -0.4 is 5.73 Å². The van der Waals surface area contributed by atoms with Crippen LogP contribution in [0.25, 0.3) is 11.5 Å². The van der Waals surface area contributed by atoms with Gasteiger partial charge in [0.15, 0.2) is 0 Å². The third-order valence-corrected chi connectivity index (χ3v) is 4.59. The third kappa shape index (κ3) is 4.34. The summed E-state index contributed by atoms with van der Waals surface area (Å²) in [4.78, 5) is 7.08. The highest BCUT2D eigenvalue weighted by Crippen LogP contribution is 2.25. The number of aromatic nitrogens is 1. The van der Waals surface area contributed by atoms with E-state index >= 15 is 0 Å². The van der Waals surface area contributed by atoms with Crippen molar-refractivity contribution < 1.29 is 4.42 Å². The van der Waals surface area contributed by atoms with Crippen LogP contribution in [0.1, 0.15) is 31.0 Å². The number of oxazole rings is 1. The Balaban J connectivity index is 0.00000192. The summed E-state index contributed by atoms with van der Waals surface area (Å²) < 4.78 is 5.65. The third-order valence-electron chi connectivity index (χ3n) is 4.59. The SMILES string of the molecule is Cc1ccc(-c2nc(CN3CCC(C)CC3CN)co2)cc1.Cl. The molecule has 3 rings (SSSR count). The van der Waals surface area contributed by atoms with E-state index in [0.717, 1.165) is 30.3 Å². The van der Waals surface area contributed by atoms with Gasteiger partial charge in [-0.1, -0.05) is 24.6 Å². The average molecular weight is 336 g/mol. The van der Waals surface area contributed by atoms with E-state index in [1.165, 1.54) is 18.4 Å². The number of nitrogens with two attached hydrogens (primary N) is 1. The molecule has 2 unspecified atom stereocenters. The van der Waals surface area contributed by atoms with E-state index < -0.39 is 0 Å². The number of aryl methyl sites for hydroxylation is 1. The van der Waals surface area contributed by atoms with Crippen LogP contribution in [0.4, 0.5) is 0 Å². The Morgan fingerprint density at radius 2 is 2.04 bits per heavy atom. The van der Waals surface area contributed by atoms with Gasteiger partial charge >= 0.3 is 0 Å². The fraction of sp³-hybridized carbons (Fsp3) is 0.500. The van der Waals surface area contributed by atoms with Crippen molar-refractivity contribution in [3.63, 3.8) is 0 Å². The first kappa shape index (κ1) is 18.0. The molecule has 0 aliphatic carbocycles. The molecular weight excluding hydrogens is 310 g/mol. The first-order valence-electron chi connectivity index (χ1n) is 8.11.